The predicted octanol–water partition coefficient (Wildman–Crippen LogP) is 1.42. The molecule has 0 aromatic heterocycles. The van der Waals surface area contributed by atoms with Crippen LogP contribution in [-0.4, -0.2) is 5.97 Å². The second-order valence-corrected chi connectivity index (χ2v) is 4.38. The van der Waals surface area contributed by atoms with Crippen LogP contribution in [0, 0.1) is 0 Å². The lowest BCUT2D eigenvalue weighted by molar-refractivity contribution is -0.304. The van der Waals surface area contributed by atoms with Gasteiger partial charge in [0, 0.05) is 12.4 Å². The van der Waals surface area contributed by atoms with Crippen molar-refractivity contribution in [1.82, 2.24) is 0 Å². The van der Waals surface area contributed by atoms with Crippen LogP contribution < -0.4 is 5.11 Å². The first-order valence-corrected chi connectivity index (χ1v) is 5.48. The average Bonchev–Trinajstić information content (AvgIpc) is 2.17. The van der Waals surface area contributed by atoms with E-state index in [1.165, 1.54) is 24.0 Å². The molecule has 0 fully saturated rings. The Kier molecular flexibility index (Phi) is 2.76. The van der Waals surface area contributed by atoms with Crippen LogP contribution in [0.15, 0.2) is 18.2 Å². The fourth-order valence-electron chi connectivity index (χ4n) is 2.39. The van der Waals surface area contributed by atoms with Gasteiger partial charge in [0.05, 0.1) is 0 Å². The van der Waals surface area contributed by atoms with Gasteiger partial charge in [-0.05, 0) is 41.9 Å². The molecule has 0 amide bonds. The number of hydrogen-bond acceptors (Lipinski definition) is 2. The Labute approximate surface area is 89.9 Å². The lowest BCUT2D eigenvalue weighted by Crippen LogP contribution is -2.24. The molecule has 2 nitrogen and oxygen atoms in total. The molecular weight excluding hydrogens is 188 g/mol. The van der Waals surface area contributed by atoms with E-state index >= 15 is 0 Å². The Balaban J connectivity index is 2.29. The van der Waals surface area contributed by atoms with Crippen LogP contribution >= 0.6 is 0 Å². The van der Waals surface area contributed by atoms with Gasteiger partial charge in [0.1, 0.15) is 0 Å². The number of carbonyl (C=O) groups excluding carboxylic acids is 1. The van der Waals surface area contributed by atoms with E-state index in [1.807, 2.05) is 12.1 Å². The average molecular weight is 203 g/mol. The molecule has 1 unspecified atom stereocenters. The second kappa shape index (κ2) is 4.05. The standard InChI is InChI=1S/C13H16O2/c1-9-3-2-4-11-7-10(8-13(14)15)5-6-12(9)11/h5-7,9H,2-4,8H2,1H3,(H,14,15)/p-1. The van der Waals surface area contributed by atoms with Crippen molar-refractivity contribution >= 4 is 5.97 Å². The smallest absolute Gasteiger partial charge is 0.0458 e. The van der Waals surface area contributed by atoms with Crippen molar-refractivity contribution < 1.29 is 9.90 Å². The second-order valence-electron chi connectivity index (χ2n) is 4.38. The maximum absolute atomic E-state index is 10.5. The van der Waals surface area contributed by atoms with Crippen molar-refractivity contribution in [1.29, 1.82) is 0 Å². The van der Waals surface area contributed by atoms with Crippen molar-refractivity contribution in [3.63, 3.8) is 0 Å². The third kappa shape index (κ3) is 2.20. The van der Waals surface area contributed by atoms with Gasteiger partial charge in [0.25, 0.3) is 0 Å². The Morgan fingerprint density at radius 1 is 1.53 bits per heavy atom. The van der Waals surface area contributed by atoms with Gasteiger partial charge in [0.15, 0.2) is 0 Å². The lowest BCUT2D eigenvalue weighted by Gasteiger charge is -2.22. The quantitative estimate of drug-likeness (QED) is 0.729. The zero-order chi connectivity index (χ0) is 10.8. The number of carboxylic acid groups (broad SMARTS) is 1. The minimum absolute atomic E-state index is 0.0294. The Hall–Kier alpha value is -1.31. The first kappa shape index (κ1) is 10.2. The summed E-state index contributed by atoms with van der Waals surface area (Å²) in [6, 6.07) is 6.02. The molecule has 0 saturated heterocycles. The first-order valence-electron chi connectivity index (χ1n) is 5.48. The van der Waals surface area contributed by atoms with Gasteiger partial charge in [0.2, 0.25) is 0 Å². The molecule has 1 aromatic carbocycles. The molecule has 1 aromatic rings. The van der Waals surface area contributed by atoms with Crippen LogP contribution in [0.1, 0.15) is 42.4 Å². The van der Waals surface area contributed by atoms with Crippen LogP contribution in [0.2, 0.25) is 0 Å². The Bertz CT molecular complexity index is 382. The summed E-state index contributed by atoms with van der Waals surface area (Å²) in [5.74, 6) is -0.385. The van der Waals surface area contributed by atoms with Crippen LogP contribution in [0.3, 0.4) is 0 Å². The highest BCUT2D eigenvalue weighted by atomic mass is 16.4. The molecule has 0 radical (unpaired) electrons. The third-order valence-electron chi connectivity index (χ3n) is 3.17. The van der Waals surface area contributed by atoms with Gasteiger partial charge in [-0.2, -0.15) is 0 Å². The number of carboxylic acids is 1. The number of hydrogen-bond donors (Lipinski definition) is 0. The third-order valence-corrected chi connectivity index (χ3v) is 3.17. The summed E-state index contributed by atoms with van der Waals surface area (Å²) in [7, 11) is 0. The summed E-state index contributed by atoms with van der Waals surface area (Å²) in [5, 5.41) is 10.5. The lowest BCUT2D eigenvalue weighted by atomic mass is 9.83. The molecule has 1 aliphatic carbocycles. The van der Waals surface area contributed by atoms with Crippen molar-refractivity contribution in [3.8, 4) is 0 Å². The highest BCUT2D eigenvalue weighted by Gasteiger charge is 2.15. The zero-order valence-electron chi connectivity index (χ0n) is 8.95. The van der Waals surface area contributed by atoms with Gasteiger partial charge in [-0.25, -0.2) is 0 Å². The number of carbonyl (C=O) groups is 1. The predicted molar refractivity (Wildman–Crippen MR) is 56.5 cm³/mol. The zero-order valence-corrected chi connectivity index (χ0v) is 8.95. The molecular formula is C13H15O2-. The monoisotopic (exact) mass is 203 g/mol. The SMILES string of the molecule is CC1CCCc2cc(CC(=O)[O-])ccc21. The largest absolute Gasteiger partial charge is 0.550 e. The number of fused-ring (bicyclic) bond motifs is 1. The maximum Gasteiger partial charge on any atom is 0.0458 e. The fraction of sp³-hybridized carbons (Fsp3) is 0.462. The van der Waals surface area contributed by atoms with Crippen LogP contribution in [0.5, 0.6) is 0 Å². The molecule has 2 heteroatoms. The summed E-state index contributed by atoms with van der Waals surface area (Å²) in [4.78, 5) is 10.5. The topological polar surface area (TPSA) is 40.1 Å². The molecule has 1 atom stereocenters. The van der Waals surface area contributed by atoms with Crippen LogP contribution in [0.25, 0.3) is 0 Å². The van der Waals surface area contributed by atoms with Gasteiger partial charge in [-0.1, -0.05) is 25.1 Å². The van der Waals surface area contributed by atoms with Gasteiger partial charge < -0.3 is 9.90 Å². The summed E-state index contributed by atoms with van der Waals surface area (Å²) in [5.41, 5.74) is 3.58. The van der Waals surface area contributed by atoms with Crippen molar-refractivity contribution in [3.05, 3.63) is 34.9 Å². The normalized spacial score (nSPS) is 19.7. The fourth-order valence-corrected chi connectivity index (χ4v) is 2.39. The number of aryl methyl sites for hydroxylation is 1. The number of rotatable bonds is 2. The molecule has 0 bridgehead atoms. The minimum Gasteiger partial charge on any atom is -0.550 e. The first-order chi connectivity index (χ1) is 7.16. The van der Waals surface area contributed by atoms with Crippen LogP contribution in [-0.2, 0) is 17.6 Å². The van der Waals surface area contributed by atoms with E-state index in [0.29, 0.717) is 5.92 Å². The van der Waals surface area contributed by atoms with Crippen molar-refractivity contribution in [2.75, 3.05) is 0 Å². The molecule has 80 valence electrons. The highest BCUT2D eigenvalue weighted by Crippen LogP contribution is 2.31. The highest BCUT2D eigenvalue weighted by molar-refractivity contribution is 5.68. The number of benzene rings is 1. The van der Waals surface area contributed by atoms with E-state index in [1.54, 1.807) is 0 Å². The Morgan fingerprint density at radius 3 is 3.07 bits per heavy atom. The van der Waals surface area contributed by atoms with Gasteiger partial charge in [-0.15, -0.1) is 0 Å². The van der Waals surface area contributed by atoms with E-state index in [4.69, 9.17) is 0 Å². The minimum atomic E-state index is -1.00. The van der Waals surface area contributed by atoms with E-state index in [9.17, 15) is 9.90 Å². The van der Waals surface area contributed by atoms with Gasteiger partial charge >= 0.3 is 0 Å². The summed E-state index contributed by atoms with van der Waals surface area (Å²) in [6.45, 7) is 2.23. The number of aliphatic carboxylic acids is 1. The van der Waals surface area contributed by atoms with E-state index < -0.39 is 5.97 Å². The summed E-state index contributed by atoms with van der Waals surface area (Å²) >= 11 is 0. The van der Waals surface area contributed by atoms with Crippen LogP contribution in [0.4, 0.5) is 0 Å². The Morgan fingerprint density at radius 2 is 2.33 bits per heavy atom. The molecule has 0 spiro atoms. The van der Waals surface area contributed by atoms with Crippen molar-refractivity contribution in [2.45, 2.75) is 38.5 Å². The van der Waals surface area contributed by atoms with E-state index in [-0.39, 0.29) is 6.42 Å². The maximum atomic E-state index is 10.5. The molecule has 15 heavy (non-hydrogen) atoms. The van der Waals surface area contributed by atoms with E-state index in [2.05, 4.69) is 13.0 Å². The molecule has 1 aliphatic rings. The summed E-state index contributed by atoms with van der Waals surface area (Å²) < 4.78 is 0. The van der Waals surface area contributed by atoms with Crippen molar-refractivity contribution in [2.24, 2.45) is 0 Å². The van der Waals surface area contributed by atoms with E-state index in [0.717, 1.165) is 12.0 Å². The molecule has 2 rings (SSSR count). The molecule has 0 heterocycles. The summed E-state index contributed by atoms with van der Waals surface area (Å²) in [6.07, 6.45) is 3.57. The molecule has 0 saturated carbocycles. The molecule has 0 N–H and O–H groups in total. The van der Waals surface area contributed by atoms with Gasteiger partial charge in [-0.3, -0.25) is 0 Å². The molecule has 0 aliphatic heterocycles.